The smallest absolute Gasteiger partial charge is 0.300 e. The van der Waals surface area contributed by atoms with E-state index in [-0.39, 0.29) is 21.8 Å². The molecule has 1 N–H and O–H groups in total. The minimum absolute atomic E-state index is 0.155. The van der Waals surface area contributed by atoms with Crippen molar-refractivity contribution in [2.75, 3.05) is 11.5 Å². The molecule has 0 aromatic heterocycles. The molecule has 0 bridgehead atoms. The first kappa shape index (κ1) is 24.1. The highest BCUT2D eigenvalue weighted by Gasteiger charge is 2.47. The van der Waals surface area contributed by atoms with Gasteiger partial charge in [-0.3, -0.25) is 14.5 Å². The molecule has 1 unspecified atom stereocenters. The van der Waals surface area contributed by atoms with Crippen molar-refractivity contribution in [2.24, 2.45) is 0 Å². The number of aliphatic hydroxyl groups is 1. The van der Waals surface area contributed by atoms with Crippen molar-refractivity contribution in [2.45, 2.75) is 13.0 Å². The Morgan fingerprint density at radius 2 is 1.71 bits per heavy atom. The molecule has 0 radical (unpaired) electrons. The van der Waals surface area contributed by atoms with Crippen LogP contribution < -0.4 is 9.64 Å². The van der Waals surface area contributed by atoms with Gasteiger partial charge in [0.1, 0.15) is 17.3 Å². The molecule has 1 saturated heterocycles. The van der Waals surface area contributed by atoms with E-state index in [1.165, 1.54) is 35.2 Å². The minimum Gasteiger partial charge on any atom is -0.507 e. The Morgan fingerprint density at radius 1 is 1.00 bits per heavy atom. The number of hydrogen-bond acceptors (Lipinski definition) is 4. The zero-order valence-electron chi connectivity index (χ0n) is 17.7. The number of rotatable bonds is 5. The van der Waals surface area contributed by atoms with Crippen LogP contribution in [0.15, 0.2) is 66.2 Å². The number of Topliss-reactive ketones (excluding diaryl/α,β-unsaturated/α-hetero) is 1. The molecular formula is C25H17Cl3FNO4. The van der Waals surface area contributed by atoms with Gasteiger partial charge in [-0.25, -0.2) is 4.39 Å². The SMILES string of the molecule is CCOc1cc(/C(O)=C2\C(=O)C(=O)N(c3ccc(F)c(Cl)c3)C2c2ccc(Cl)cc2)ccc1Cl. The number of halogens is 4. The number of ether oxygens (including phenoxy) is 1. The summed E-state index contributed by atoms with van der Waals surface area (Å²) in [6.45, 7) is 2.12. The van der Waals surface area contributed by atoms with Crippen molar-refractivity contribution < 1.29 is 23.8 Å². The molecule has 1 fully saturated rings. The number of amides is 1. The second-order valence-electron chi connectivity index (χ2n) is 7.40. The average molecular weight is 521 g/mol. The van der Waals surface area contributed by atoms with Gasteiger partial charge in [0, 0.05) is 16.3 Å². The molecule has 1 aliphatic rings. The van der Waals surface area contributed by atoms with Crippen molar-refractivity contribution in [3.05, 3.63) is 98.2 Å². The standard InChI is InChI=1S/C25H17Cl3FNO4/c1-2-34-20-11-14(5-9-17(20)27)23(31)21-22(13-3-6-15(26)7-4-13)30(25(33)24(21)32)16-8-10-19(29)18(28)12-16/h3-12,22,31H,2H2,1H3/b23-21+. The lowest BCUT2D eigenvalue weighted by atomic mass is 9.95. The number of benzene rings is 3. The molecule has 3 aromatic carbocycles. The van der Waals surface area contributed by atoms with Crippen LogP contribution >= 0.6 is 34.8 Å². The molecule has 1 atom stereocenters. The van der Waals surface area contributed by atoms with Gasteiger partial charge in [-0.2, -0.15) is 0 Å². The molecule has 0 saturated carbocycles. The number of nitrogens with zero attached hydrogens (tertiary/aromatic N) is 1. The first-order valence-corrected chi connectivity index (χ1v) is 11.3. The maximum Gasteiger partial charge on any atom is 0.300 e. The lowest BCUT2D eigenvalue weighted by molar-refractivity contribution is -0.132. The van der Waals surface area contributed by atoms with Gasteiger partial charge < -0.3 is 9.84 Å². The first-order valence-electron chi connectivity index (χ1n) is 10.2. The Morgan fingerprint density at radius 3 is 2.35 bits per heavy atom. The molecule has 1 heterocycles. The topological polar surface area (TPSA) is 66.8 Å². The summed E-state index contributed by atoms with van der Waals surface area (Å²) < 4.78 is 19.3. The maximum absolute atomic E-state index is 13.8. The van der Waals surface area contributed by atoms with Crippen LogP contribution in [0.3, 0.4) is 0 Å². The predicted octanol–water partition coefficient (Wildman–Crippen LogP) is 6.81. The van der Waals surface area contributed by atoms with Crippen LogP contribution in [-0.2, 0) is 9.59 Å². The van der Waals surface area contributed by atoms with Crippen LogP contribution in [0.4, 0.5) is 10.1 Å². The fourth-order valence-electron chi connectivity index (χ4n) is 3.77. The lowest BCUT2D eigenvalue weighted by Gasteiger charge is -2.25. The fourth-order valence-corrected chi connectivity index (χ4v) is 4.24. The van der Waals surface area contributed by atoms with Gasteiger partial charge in [0.25, 0.3) is 11.7 Å². The fraction of sp³-hybridized carbons (Fsp3) is 0.120. The molecule has 3 aromatic rings. The van der Waals surface area contributed by atoms with Crippen LogP contribution in [0.5, 0.6) is 5.75 Å². The number of carbonyl (C=O) groups excluding carboxylic acids is 2. The quantitative estimate of drug-likeness (QED) is 0.228. The molecule has 9 heteroatoms. The van der Waals surface area contributed by atoms with Crippen LogP contribution in [-0.4, -0.2) is 23.4 Å². The number of ketones is 1. The Kier molecular flexibility index (Phi) is 6.84. The Hall–Kier alpha value is -3.06. The summed E-state index contributed by atoms with van der Waals surface area (Å²) in [5.74, 6) is -2.58. The van der Waals surface area contributed by atoms with Crippen molar-refractivity contribution in [3.8, 4) is 5.75 Å². The van der Waals surface area contributed by atoms with E-state index in [0.717, 1.165) is 6.07 Å². The molecule has 0 spiro atoms. The second kappa shape index (κ2) is 9.66. The van der Waals surface area contributed by atoms with Crippen LogP contribution in [0.25, 0.3) is 5.76 Å². The molecular weight excluding hydrogens is 504 g/mol. The highest BCUT2D eigenvalue weighted by Crippen LogP contribution is 2.43. The van der Waals surface area contributed by atoms with Crippen molar-refractivity contribution >= 4 is 57.9 Å². The summed E-state index contributed by atoms with van der Waals surface area (Å²) in [6.07, 6.45) is 0. The number of aliphatic hydroxyl groups excluding tert-OH is 1. The number of carbonyl (C=O) groups is 2. The van der Waals surface area contributed by atoms with Gasteiger partial charge in [0.05, 0.1) is 28.3 Å². The largest absolute Gasteiger partial charge is 0.507 e. The Labute approximate surface area is 209 Å². The molecule has 0 aliphatic carbocycles. The Bertz CT molecular complexity index is 1320. The van der Waals surface area contributed by atoms with Gasteiger partial charge in [0.2, 0.25) is 0 Å². The van der Waals surface area contributed by atoms with E-state index in [2.05, 4.69) is 0 Å². The van der Waals surface area contributed by atoms with Gasteiger partial charge in [-0.05, 0) is 61.0 Å². The van der Waals surface area contributed by atoms with E-state index in [9.17, 15) is 19.1 Å². The predicted molar refractivity (Wildman–Crippen MR) is 130 cm³/mol. The molecule has 1 amide bonds. The van der Waals surface area contributed by atoms with Crippen LogP contribution in [0.1, 0.15) is 24.1 Å². The third kappa shape index (κ3) is 4.37. The maximum atomic E-state index is 13.8. The molecule has 1 aliphatic heterocycles. The zero-order valence-corrected chi connectivity index (χ0v) is 20.0. The van der Waals surface area contributed by atoms with Crippen LogP contribution in [0.2, 0.25) is 15.1 Å². The van der Waals surface area contributed by atoms with Gasteiger partial charge >= 0.3 is 0 Å². The lowest BCUT2D eigenvalue weighted by Crippen LogP contribution is -2.29. The molecule has 4 rings (SSSR count). The van der Waals surface area contributed by atoms with E-state index in [1.54, 1.807) is 31.2 Å². The van der Waals surface area contributed by atoms with Gasteiger partial charge in [-0.15, -0.1) is 0 Å². The summed E-state index contributed by atoms with van der Waals surface area (Å²) >= 11 is 18.1. The van der Waals surface area contributed by atoms with E-state index in [4.69, 9.17) is 39.5 Å². The normalized spacial score (nSPS) is 17.3. The number of hydrogen-bond donors (Lipinski definition) is 1. The highest BCUT2D eigenvalue weighted by molar-refractivity contribution is 6.52. The van der Waals surface area contributed by atoms with Gasteiger partial charge in [-0.1, -0.05) is 46.9 Å². The van der Waals surface area contributed by atoms with E-state index < -0.39 is 29.3 Å². The second-order valence-corrected chi connectivity index (χ2v) is 8.65. The number of anilines is 1. The molecule has 34 heavy (non-hydrogen) atoms. The van der Waals surface area contributed by atoms with Crippen LogP contribution in [0, 0.1) is 5.82 Å². The summed E-state index contributed by atoms with van der Waals surface area (Å²) in [7, 11) is 0. The minimum atomic E-state index is -1.02. The van der Waals surface area contributed by atoms with E-state index in [1.807, 2.05) is 0 Å². The first-order chi connectivity index (χ1) is 16.2. The van der Waals surface area contributed by atoms with Gasteiger partial charge in [0.15, 0.2) is 0 Å². The van der Waals surface area contributed by atoms with Crippen molar-refractivity contribution in [1.29, 1.82) is 0 Å². The molecule has 5 nitrogen and oxygen atoms in total. The Balaban J connectivity index is 1.94. The summed E-state index contributed by atoms with van der Waals surface area (Å²) in [5.41, 5.74) is 0.780. The van der Waals surface area contributed by atoms with E-state index >= 15 is 0 Å². The van der Waals surface area contributed by atoms with E-state index in [0.29, 0.717) is 28.0 Å². The summed E-state index contributed by atoms with van der Waals surface area (Å²) in [5, 5.41) is 11.8. The third-order valence-corrected chi connectivity index (χ3v) is 6.17. The highest BCUT2D eigenvalue weighted by atomic mass is 35.5. The summed E-state index contributed by atoms with van der Waals surface area (Å²) in [6, 6.07) is 13.7. The zero-order chi connectivity index (χ0) is 24.6. The molecule has 174 valence electrons. The monoisotopic (exact) mass is 519 g/mol. The van der Waals surface area contributed by atoms with Crippen molar-refractivity contribution in [3.63, 3.8) is 0 Å². The average Bonchev–Trinajstić information content (AvgIpc) is 3.08. The third-order valence-electron chi connectivity index (χ3n) is 5.32. The summed E-state index contributed by atoms with van der Waals surface area (Å²) in [4.78, 5) is 27.5. The van der Waals surface area contributed by atoms with Crippen molar-refractivity contribution in [1.82, 2.24) is 0 Å².